The number of nitrogens with zero attached hydrogens (tertiary/aromatic N) is 1. The maximum Gasteiger partial charge on any atom is 0.0943 e. The minimum atomic E-state index is 0.878. The number of allylic oxidation sites excluding steroid dienone is 2. The van der Waals surface area contributed by atoms with Gasteiger partial charge in [0.2, 0.25) is 0 Å². The summed E-state index contributed by atoms with van der Waals surface area (Å²) in [5, 5.41) is 8.56. The van der Waals surface area contributed by atoms with Crippen LogP contribution in [0.2, 0.25) is 0 Å². The lowest BCUT2D eigenvalue weighted by atomic mass is 10.1. The third-order valence-electron chi connectivity index (χ3n) is 1.72. The van der Waals surface area contributed by atoms with Crippen molar-refractivity contribution in [2.24, 2.45) is 0 Å². The lowest BCUT2D eigenvalue weighted by Crippen LogP contribution is -1.76. The normalized spacial score (nSPS) is 11.2. The van der Waals surface area contributed by atoms with E-state index in [0.717, 1.165) is 18.4 Å². The van der Waals surface area contributed by atoms with E-state index in [4.69, 9.17) is 5.26 Å². The molecule has 0 unspecified atom stereocenters. The first-order valence-corrected chi connectivity index (χ1v) is 4.44. The van der Waals surface area contributed by atoms with Gasteiger partial charge in [-0.05, 0) is 19.3 Å². The molecule has 11 heavy (non-hydrogen) atoms. The van der Waals surface area contributed by atoms with E-state index in [1.807, 2.05) is 6.92 Å². The number of rotatable bonds is 5. The summed E-state index contributed by atoms with van der Waals surface area (Å²) in [4.78, 5) is 0. The van der Waals surface area contributed by atoms with E-state index in [9.17, 15) is 0 Å². The molecule has 0 aromatic heterocycles. The van der Waals surface area contributed by atoms with Crippen LogP contribution in [0.4, 0.5) is 0 Å². The van der Waals surface area contributed by atoms with Crippen LogP contribution in [0.1, 0.15) is 46.0 Å². The Bertz CT molecular complexity index is 151. The second-order valence-corrected chi connectivity index (χ2v) is 2.69. The zero-order valence-corrected chi connectivity index (χ0v) is 7.56. The number of hydrogen-bond acceptors (Lipinski definition) is 1. The van der Waals surface area contributed by atoms with Crippen LogP contribution in [0.25, 0.3) is 0 Å². The van der Waals surface area contributed by atoms with Crippen LogP contribution >= 0.6 is 0 Å². The summed E-state index contributed by atoms with van der Waals surface area (Å²) in [6.07, 6.45) is 7.77. The molecule has 0 rings (SSSR count). The number of unbranched alkanes of at least 4 members (excludes halogenated alkanes) is 3. The maximum atomic E-state index is 8.56. The second-order valence-electron chi connectivity index (χ2n) is 2.69. The molecule has 0 aromatic rings. The predicted octanol–water partition coefficient (Wildman–Crippen LogP) is 3.43. The van der Waals surface area contributed by atoms with E-state index >= 15 is 0 Å². The van der Waals surface area contributed by atoms with Crippen molar-refractivity contribution in [2.45, 2.75) is 46.0 Å². The highest BCUT2D eigenvalue weighted by molar-refractivity contribution is 5.19. The van der Waals surface area contributed by atoms with Crippen LogP contribution in [0.5, 0.6) is 0 Å². The Kier molecular flexibility index (Phi) is 6.82. The van der Waals surface area contributed by atoms with Gasteiger partial charge in [0.25, 0.3) is 0 Å². The molecule has 0 aromatic carbocycles. The fourth-order valence-electron chi connectivity index (χ4n) is 0.940. The number of nitriles is 1. The molecule has 0 amide bonds. The molecule has 0 radical (unpaired) electrons. The molecule has 0 fully saturated rings. The van der Waals surface area contributed by atoms with E-state index in [1.54, 1.807) is 0 Å². The van der Waals surface area contributed by atoms with Gasteiger partial charge in [-0.15, -0.1) is 0 Å². The minimum Gasteiger partial charge on any atom is -0.193 e. The van der Waals surface area contributed by atoms with Crippen molar-refractivity contribution >= 4 is 0 Å². The molecule has 1 heteroatoms. The van der Waals surface area contributed by atoms with Crippen LogP contribution in [-0.4, -0.2) is 0 Å². The minimum absolute atomic E-state index is 0.878. The summed E-state index contributed by atoms with van der Waals surface area (Å²) in [6.45, 7) is 4.21. The zero-order chi connectivity index (χ0) is 8.53. The van der Waals surface area contributed by atoms with Crippen molar-refractivity contribution in [2.75, 3.05) is 0 Å². The Hall–Kier alpha value is -0.770. The first kappa shape index (κ1) is 10.2. The zero-order valence-electron chi connectivity index (χ0n) is 7.56. The Morgan fingerprint density at radius 3 is 2.55 bits per heavy atom. The van der Waals surface area contributed by atoms with Gasteiger partial charge in [0.15, 0.2) is 0 Å². The lowest BCUT2D eigenvalue weighted by molar-refractivity contribution is 0.727. The molecular formula is C10H17N. The fourth-order valence-corrected chi connectivity index (χ4v) is 0.940. The highest BCUT2D eigenvalue weighted by Gasteiger charge is 1.89. The van der Waals surface area contributed by atoms with Gasteiger partial charge in [0, 0.05) is 5.57 Å². The second kappa shape index (κ2) is 7.34. The van der Waals surface area contributed by atoms with E-state index in [0.29, 0.717) is 0 Å². The smallest absolute Gasteiger partial charge is 0.0943 e. The molecule has 62 valence electrons. The Morgan fingerprint density at radius 2 is 2.09 bits per heavy atom. The monoisotopic (exact) mass is 151 g/mol. The molecule has 0 atom stereocenters. The van der Waals surface area contributed by atoms with E-state index in [2.05, 4.69) is 19.1 Å². The van der Waals surface area contributed by atoms with Crippen LogP contribution in [0, 0.1) is 11.3 Å². The fraction of sp³-hybridized carbons (Fsp3) is 0.700. The third-order valence-corrected chi connectivity index (χ3v) is 1.72. The van der Waals surface area contributed by atoms with Gasteiger partial charge >= 0.3 is 0 Å². The van der Waals surface area contributed by atoms with E-state index < -0.39 is 0 Å². The van der Waals surface area contributed by atoms with Gasteiger partial charge in [0.1, 0.15) is 0 Å². The Morgan fingerprint density at radius 1 is 1.36 bits per heavy atom. The highest BCUT2D eigenvalue weighted by Crippen LogP contribution is 2.05. The molecular weight excluding hydrogens is 134 g/mol. The average Bonchev–Trinajstić information content (AvgIpc) is 2.05. The van der Waals surface area contributed by atoms with Gasteiger partial charge < -0.3 is 0 Å². The molecule has 0 heterocycles. The van der Waals surface area contributed by atoms with E-state index in [1.165, 1.54) is 19.3 Å². The van der Waals surface area contributed by atoms with Crippen molar-refractivity contribution in [1.29, 1.82) is 5.26 Å². The summed E-state index contributed by atoms with van der Waals surface area (Å²) >= 11 is 0. The molecule has 0 bridgehead atoms. The quantitative estimate of drug-likeness (QED) is 0.436. The maximum absolute atomic E-state index is 8.56. The summed E-state index contributed by atoms with van der Waals surface area (Å²) in [5.74, 6) is 0. The summed E-state index contributed by atoms with van der Waals surface area (Å²) in [5.41, 5.74) is 0.932. The Balaban J connectivity index is 3.47. The van der Waals surface area contributed by atoms with Crippen LogP contribution in [-0.2, 0) is 0 Å². The number of hydrogen-bond donors (Lipinski definition) is 0. The van der Waals surface area contributed by atoms with Crippen LogP contribution in [0.3, 0.4) is 0 Å². The molecule has 0 spiro atoms. The average molecular weight is 151 g/mol. The summed E-state index contributed by atoms with van der Waals surface area (Å²) < 4.78 is 0. The van der Waals surface area contributed by atoms with Crippen molar-refractivity contribution in [1.82, 2.24) is 0 Å². The van der Waals surface area contributed by atoms with Gasteiger partial charge in [-0.2, -0.15) is 5.26 Å². The van der Waals surface area contributed by atoms with Crippen molar-refractivity contribution in [3.05, 3.63) is 11.6 Å². The molecule has 0 saturated carbocycles. The molecule has 0 aliphatic rings. The summed E-state index contributed by atoms with van der Waals surface area (Å²) in [7, 11) is 0. The van der Waals surface area contributed by atoms with Crippen LogP contribution in [0.15, 0.2) is 11.6 Å². The van der Waals surface area contributed by atoms with Crippen LogP contribution < -0.4 is 0 Å². The summed E-state index contributed by atoms with van der Waals surface area (Å²) in [6, 6.07) is 2.19. The van der Waals surface area contributed by atoms with Crippen molar-refractivity contribution in [3.63, 3.8) is 0 Å². The van der Waals surface area contributed by atoms with Gasteiger partial charge in [-0.25, -0.2) is 0 Å². The molecule has 0 saturated heterocycles. The molecule has 1 nitrogen and oxygen atoms in total. The van der Waals surface area contributed by atoms with Gasteiger partial charge in [0.05, 0.1) is 6.07 Å². The third kappa shape index (κ3) is 5.66. The van der Waals surface area contributed by atoms with Crippen molar-refractivity contribution < 1.29 is 0 Å². The topological polar surface area (TPSA) is 23.8 Å². The van der Waals surface area contributed by atoms with Crippen molar-refractivity contribution in [3.8, 4) is 6.07 Å². The standard InChI is InChI=1S/C10H17N/c1-3-5-6-7-8-10(4-2)9-11/h8H,3-7H2,1-2H3. The predicted molar refractivity (Wildman–Crippen MR) is 48.1 cm³/mol. The highest BCUT2D eigenvalue weighted by atomic mass is 14.2. The largest absolute Gasteiger partial charge is 0.193 e. The lowest BCUT2D eigenvalue weighted by Gasteiger charge is -1.93. The SMILES string of the molecule is CCCCCC=C(C#N)CC. The van der Waals surface area contributed by atoms with Gasteiger partial charge in [-0.1, -0.05) is 32.8 Å². The molecule has 0 aliphatic carbocycles. The first-order chi connectivity index (χ1) is 5.35. The Labute approximate surface area is 69.7 Å². The molecule has 0 aliphatic heterocycles. The first-order valence-electron chi connectivity index (χ1n) is 4.44. The van der Waals surface area contributed by atoms with Gasteiger partial charge in [-0.3, -0.25) is 0 Å². The van der Waals surface area contributed by atoms with E-state index in [-0.39, 0.29) is 0 Å². The molecule has 0 N–H and O–H groups in total.